The second-order valence-electron chi connectivity index (χ2n) is 4.31. The maximum absolute atomic E-state index is 13.8. The smallest absolute Gasteiger partial charge is 0.243 e. The van der Waals surface area contributed by atoms with Gasteiger partial charge in [0.15, 0.2) is 0 Å². The van der Waals surface area contributed by atoms with Crippen molar-refractivity contribution in [1.82, 2.24) is 9.71 Å². The zero-order valence-corrected chi connectivity index (χ0v) is 13.3. The van der Waals surface area contributed by atoms with E-state index < -0.39 is 20.7 Å². The van der Waals surface area contributed by atoms with Crippen LogP contribution in [0.2, 0.25) is 0 Å². The molecule has 2 rings (SSSR count). The van der Waals surface area contributed by atoms with Crippen LogP contribution in [0, 0.1) is 5.82 Å². The highest BCUT2D eigenvalue weighted by atomic mass is 79.9. The number of nitrogen functional groups attached to an aromatic ring is 1. The molecule has 2 aromatic rings. The number of anilines is 1. The molecule has 0 bridgehead atoms. The third kappa shape index (κ3) is 3.99. The number of rotatable bonds is 5. The topological polar surface area (TPSA) is 85.1 Å². The maximum atomic E-state index is 13.8. The van der Waals surface area contributed by atoms with Crippen LogP contribution in [-0.4, -0.2) is 19.9 Å². The lowest BCUT2D eigenvalue weighted by molar-refractivity contribution is 0.557. The summed E-state index contributed by atoms with van der Waals surface area (Å²) in [5.74, 6) is -0.854. The molecule has 1 heterocycles. The molecule has 0 saturated heterocycles. The lowest BCUT2D eigenvalue weighted by Gasteiger charge is -2.09. The number of halogens is 2. The third-order valence-corrected chi connectivity index (χ3v) is 4.96. The van der Waals surface area contributed by atoms with E-state index >= 15 is 0 Å². The number of nitrogens with zero attached hydrogens (tertiary/aromatic N) is 1. The van der Waals surface area contributed by atoms with Crippen molar-refractivity contribution in [2.45, 2.75) is 11.3 Å². The number of nitrogens with one attached hydrogen (secondary N) is 1. The second kappa shape index (κ2) is 6.50. The molecule has 0 saturated carbocycles. The number of aromatic nitrogens is 1. The summed E-state index contributed by atoms with van der Waals surface area (Å²) in [6, 6.07) is 5.69. The normalized spacial score (nSPS) is 11.5. The zero-order valence-electron chi connectivity index (χ0n) is 10.9. The number of nitrogens with two attached hydrogens (primary N) is 1. The zero-order chi connectivity index (χ0) is 15.5. The fourth-order valence-corrected chi connectivity index (χ4v) is 3.15. The van der Waals surface area contributed by atoms with E-state index in [0.717, 1.165) is 17.7 Å². The Morgan fingerprint density at radius 1 is 1.29 bits per heavy atom. The molecule has 5 nitrogen and oxygen atoms in total. The molecule has 0 aliphatic heterocycles. The van der Waals surface area contributed by atoms with Gasteiger partial charge in [0, 0.05) is 29.1 Å². The molecule has 0 atom stereocenters. The van der Waals surface area contributed by atoms with Crippen LogP contribution in [0.1, 0.15) is 5.56 Å². The van der Waals surface area contributed by atoms with Gasteiger partial charge in [-0.3, -0.25) is 4.98 Å². The SMILES string of the molecule is Nc1cc(S(=O)(=O)NCCc2ccncc2)c(F)cc1Br. The van der Waals surface area contributed by atoms with E-state index in [1.807, 2.05) is 0 Å². The Morgan fingerprint density at radius 2 is 1.95 bits per heavy atom. The van der Waals surface area contributed by atoms with E-state index in [9.17, 15) is 12.8 Å². The summed E-state index contributed by atoms with van der Waals surface area (Å²) in [5.41, 5.74) is 6.69. The summed E-state index contributed by atoms with van der Waals surface area (Å²) in [7, 11) is -3.94. The lowest BCUT2D eigenvalue weighted by atomic mass is 10.2. The van der Waals surface area contributed by atoms with Crippen LogP contribution in [-0.2, 0) is 16.4 Å². The minimum atomic E-state index is -3.94. The molecule has 21 heavy (non-hydrogen) atoms. The molecule has 112 valence electrons. The van der Waals surface area contributed by atoms with E-state index in [1.165, 1.54) is 0 Å². The van der Waals surface area contributed by atoms with Crippen LogP contribution in [0.25, 0.3) is 0 Å². The first kappa shape index (κ1) is 15.9. The van der Waals surface area contributed by atoms with Crippen LogP contribution in [0.3, 0.4) is 0 Å². The highest BCUT2D eigenvalue weighted by molar-refractivity contribution is 9.10. The van der Waals surface area contributed by atoms with Crippen molar-refractivity contribution in [2.75, 3.05) is 12.3 Å². The van der Waals surface area contributed by atoms with Crippen LogP contribution in [0.15, 0.2) is 46.0 Å². The molecule has 0 unspecified atom stereocenters. The van der Waals surface area contributed by atoms with Gasteiger partial charge in [0.2, 0.25) is 10.0 Å². The molecule has 1 aromatic carbocycles. The average molecular weight is 374 g/mol. The number of hydrogen-bond acceptors (Lipinski definition) is 4. The molecular formula is C13H13BrFN3O2S. The van der Waals surface area contributed by atoms with Gasteiger partial charge in [-0.2, -0.15) is 0 Å². The van der Waals surface area contributed by atoms with Crippen LogP contribution in [0.4, 0.5) is 10.1 Å². The summed E-state index contributed by atoms with van der Waals surface area (Å²) in [4.78, 5) is 3.41. The van der Waals surface area contributed by atoms with E-state index in [0.29, 0.717) is 10.9 Å². The molecule has 8 heteroatoms. The van der Waals surface area contributed by atoms with E-state index in [1.54, 1.807) is 24.5 Å². The number of hydrogen-bond donors (Lipinski definition) is 2. The van der Waals surface area contributed by atoms with Gasteiger partial charge in [-0.1, -0.05) is 0 Å². The molecule has 0 aliphatic carbocycles. The molecule has 0 radical (unpaired) electrons. The minimum Gasteiger partial charge on any atom is -0.398 e. The standard InChI is InChI=1S/C13H13BrFN3O2S/c14-10-7-11(15)13(8-12(10)16)21(19,20)18-6-3-9-1-4-17-5-2-9/h1-2,4-5,7-8,18H,3,6,16H2. The second-order valence-corrected chi connectivity index (χ2v) is 6.90. The van der Waals surface area contributed by atoms with Crippen molar-refractivity contribution in [3.8, 4) is 0 Å². The molecule has 0 spiro atoms. The van der Waals surface area contributed by atoms with Gasteiger partial charge in [-0.05, 0) is 52.2 Å². The monoisotopic (exact) mass is 373 g/mol. The number of sulfonamides is 1. The molecule has 0 aliphatic rings. The Morgan fingerprint density at radius 3 is 2.62 bits per heavy atom. The van der Waals surface area contributed by atoms with Crippen LogP contribution >= 0.6 is 15.9 Å². The molecular weight excluding hydrogens is 361 g/mol. The molecule has 0 fully saturated rings. The number of benzene rings is 1. The Kier molecular flexibility index (Phi) is 4.92. The summed E-state index contributed by atoms with van der Waals surface area (Å²) in [6.45, 7) is 0.155. The lowest BCUT2D eigenvalue weighted by Crippen LogP contribution is -2.27. The van der Waals surface area contributed by atoms with Crippen molar-refractivity contribution in [1.29, 1.82) is 0 Å². The molecule has 0 amide bonds. The molecule has 1 aromatic heterocycles. The van der Waals surface area contributed by atoms with Gasteiger partial charge in [0.1, 0.15) is 10.7 Å². The highest BCUT2D eigenvalue weighted by Gasteiger charge is 2.20. The van der Waals surface area contributed by atoms with Gasteiger partial charge in [0.25, 0.3) is 0 Å². The van der Waals surface area contributed by atoms with Gasteiger partial charge < -0.3 is 5.73 Å². The van der Waals surface area contributed by atoms with Crippen LogP contribution in [0.5, 0.6) is 0 Å². The molecule has 3 N–H and O–H groups in total. The summed E-state index contributed by atoms with van der Waals surface area (Å²) in [5, 5.41) is 0. The first-order valence-electron chi connectivity index (χ1n) is 6.03. The van der Waals surface area contributed by atoms with Gasteiger partial charge in [-0.15, -0.1) is 0 Å². The van der Waals surface area contributed by atoms with Gasteiger partial charge >= 0.3 is 0 Å². The van der Waals surface area contributed by atoms with Crippen molar-refractivity contribution < 1.29 is 12.8 Å². The fraction of sp³-hybridized carbons (Fsp3) is 0.154. The summed E-state index contributed by atoms with van der Waals surface area (Å²) >= 11 is 3.04. The van der Waals surface area contributed by atoms with E-state index in [-0.39, 0.29) is 12.2 Å². The fourth-order valence-electron chi connectivity index (χ4n) is 1.71. The van der Waals surface area contributed by atoms with Crippen molar-refractivity contribution in [2.24, 2.45) is 0 Å². The maximum Gasteiger partial charge on any atom is 0.243 e. The number of pyridine rings is 1. The predicted molar refractivity (Wildman–Crippen MR) is 81.6 cm³/mol. The Labute approximate surface area is 130 Å². The van der Waals surface area contributed by atoms with E-state index in [2.05, 4.69) is 25.6 Å². The van der Waals surface area contributed by atoms with Gasteiger partial charge in [-0.25, -0.2) is 17.5 Å². The van der Waals surface area contributed by atoms with Crippen molar-refractivity contribution >= 4 is 31.6 Å². The first-order chi connectivity index (χ1) is 9.90. The Balaban J connectivity index is 2.10. The third-order valence-electron chi connectivity index (χ3n) is 2.80. The summed E-state index contributed by atoms with van der Waals surface area (Å²) in [6.07, 6.45) is 3.73. The Hall–Kier alpha value is -1.51. The largest absolute Gasteiger partial charge is 0.398 e. The Bertz CT molecular complexity index is 739. The quantitative estimate of drug-likeness (QED) is 0.785. The summed E-state index contributed by atoms with van der Waals surface area (Å²) < 4.78 is 40.6. The minimum absolute atomic E-state index is 0.155. The van der Waals surface area contributed by atoms with Crippen molar-refractivity contribution in [3.05, 3.63) is 52.5 Å². The van der Waals surface area contributed by atoms with Crippen molar-refractivity contribution in [3.63, 3.8) is 0 Å². The highest BCUT2D eigenvalue weighted by Crippen LogP contribution is 2.25. The average Bonchev–Trinajstić information content (AvgIpc) is 2.43. The van der Waals surface area contributed by atoms with Crippen LogP contribution < -0.4 is 10.5 Å². The van der Waals surface area contributed by atoms with Gasteiger partial charge in [0.05, 0.1) is 0 Å². The first-order valence-corrected chi connectivity index (χ1v) is 8.31. The van der Waals surface area contributed by atoms with E-state index in [4.69, 9.17) is 5.73 Å². The predicted octanol–water partition coefficient (Wildman–Crippen LogP) is 2.09.